The fourth-order valence-corrected chi connectivity index (χ4v) is 1.47. The van der Waals surface area contributed by atoms with E-state index in [4.69, 9.17) is 28.8 Å². The smallest absolute Gasteiger partial charge is 0.292 e. The number of benzene rings is 1. The number of hydrogen-bond acceptors (Lipinski definition) is 5. The van der Waals surface area contributed by atoms with Crippen molar-refractivity contribution in [2.75, 3.05) is 12.3 Å². The maximum atomic E-state index is 10.6. The van der Waals surface area contributed by atoms with Gasteiger partial charge in [0.25, 0.3) is 5.69 Å². The van der Waals surface area contributed by atoms with Crippen molar-refractivity contribution in [3.63, 3.8) is 0 Å². The van der Waals surface area contributed by atoms with Crippen molar-refractivity contribution in [1.29, 1.82) is 0 Å². The molecule has 0 saturated carbocycles. The van der Waals surface area contributed by atoms with Crippen LogP contribution in [0.5, 0.6) is 0 Å². The summed E-state index contributed by atoms with van der Waals surface area (Å²) in [4.78, 5) is 10.0. The molecule has 82 valence electrons. The zero-order chi connectivity index (χ0) is 11.6. The van der Waals surface area contributed by atoms with Gasteiger partial charge in [-0.2, -0.15) is 0 Å². The number of nitrogen functional groups attached to an aromatic ring is 1. The van der Waals surface area contributed by atoms with Crippen LogP contribution in [0, 0.1) is 10.1 Å². The first kappa shape index (κ1) is 11.7. The SMILES string of the molecule is NC[C@@H](N)c1cc([N+](=O)[O-])c(N)cc1Cl. The molecule has 0 aliphatic rings. The van der Waals surface area contributed by atoms with E-state index in [9.17, 15) is 10.1 Å². The monoisotopic (exact) mass is 230 g/mol. The minimum absolute atomic E-state index is 0.0120. The van der Waals surface area contributed by atoms with Crippen LogP contribution in [-0.4, -0.2) is 11.5 Å². The Morgan fingerprint density at radius 1 is 1.53 bits per heavy atom. The molecule has 0 spiro atoms. The first-order valence-electron chi connectivity index (χ1n) is 4.16. The highest BCUT2D eigenvalue weighted by atomic mass is 35.5. The summed E-state index contributed by atoms with van der Waals surface area (Å²) in [6, 6.07) is 2.04. The van der Waals surface area contributed by atoms with E-state index in [0.29, 0.717) is 5.56 Å². The van der Waals surface area contributed by atoms with Gasteiger partial charge in [0.2, 0.25) is 0 Å². The topological polar surface area (TPSA) is 121 Å². The van der Waals surface area contributed by atoms with Crippen molar-refractivity contribution in [3.8, 4) is 0 Å². The second kappa shape index (κ2) is 4.43. The molecule has 7 heteroatoms. The summed E-state index contributed by atoms with van der Waals surface area (Å²) in [6.45, 7) is 0.154. The molecule has 0 heterocycles. The number of nitrogens with two attached hydrogens (primary N) is 3. The summed E-state index contributed by atoms with van der Waals surface area (Å²) in [5, 5.41) is 10.9. The standard InChI is InChI=1S/C8H11ClN4O2/c9-5-2-6(11)8(13(14)15)1-4(5)7(12)3-10/h1-2,7H,3,10-12H2/t7-/m1/s1. The van der Waals surface area contributed by atoms with Gasteiger partial charge in [-0.1, -0.05) is 11.6 Å². The molecule has 15 heavy (non-hydrogen) atoms. The Kier molecular flexibility index (Phi) is 3.46. The van der Waals surface area contributed by atoms with Crippen LogP contribution >= 0.6 is 11.6 Å². The van der Waals surface area contributed by atoms with Crippen molar-refractivity contribution in [3.05, 3.63) is 32.8 Å². The summed E-state index contributed by atoms with van der Waals surface area (Å²) >= 11 is 5.84. The number of rotatable bonds is 3. The summed E-state index contributed by atoms with van der Waals surface area (Å²) < 4.78 is 0. The van der Waals surface area contributed by atoms with Crippen LogP contribution < -0.4 is 17.2 Å². The molecule has 1 rings (SSSR count). The van der Waals surface area contributed by atoms with Crippen LogP contribution in [0.15, 0.2) is 12.1 Å². The summed E-state index contributed by atoms with van der Waals surface area (Å²) in [7, 11) is 0. The van der Waals surface area contributed by atoms with E-state index >= 15 is 0 Å². The van der Waals surface area contributed by atoms with E-state index in [-0.39, 0.29) is 22.9 Å². The van der Waals surface area contributed by atoms with Crippen LogP contribution in [0.2, 0.25) is 5.02 Å². The lowest BCUT2D eigenvalue weighted by atomic mass is 10.1. The lowest BCUT2D eigenvalue weighted by Crippen LogP contribution is -2.21. The predicted octanol–water partition coefficient (Wildman–Crippen LogP) is 0.789. The highest BCUT2D eigenvalue weighted by Gasteiger charge is 2.18. The highest BCUT2D eigenvalue weighted by molar-refractivity contribution is 6.31. The van der Waals surface area contributed by atoms with Gasteiger partial charge in [-0.05, 0) is 11.6 Å². The summed E-state index contributed by atoms with van der Waals surface area (Å²) in [5.74, 6) is 0. The van der Waals surface area contributed by atoms with E-state index in [2.05, 4.69) is 0 Å². The van der Waals surface area contributed by atoms with Crippen molar-refractivity contribution in [1.82, 2.24) is 0 Å². The number of halogens is 1. The molecule has 6 nitrogen and oxygen atoms in total. The first-order chi connectivity index (χ1) is 6.97. The van der Waals surface area contributed by atoms with E-state index in [1.165, 1.54) is 12.1 Å². The molecule has 0 aliphatic carbocycles. The van der Waals surface area contributed by atoms with Crippen LogP contribution in [0.4, 0.5) is 11.4 Å². The van der Waals surface area contributed by atoms with Crippen LogP contribution in [-0.2, 0) is 0 Å². The van der Waals surface area contributed by atoms with Gasteiger partial charge < -0.3 is 17.2 Å². The first-order valence-corrected chi connectivity index (χ1v) is 4.54. The largest absolute Gasteiger partial charge is 0.393 e. The lowest BCUT2D eigenvalue weighted by molar-refractivity contribution is -0.384. The second-order valence-corrected chi connectivity index (χ2v) is 3.44. The molecule has 1 atom stereocenters. The molecule has 0 aromatic heterocycles. The van der Waals surface area contributed by atoms with E-state index in [1.807, 2.05) is 0 Å². The minimum Gasteiger partial charge on any atom is -0.393 e. The Balaban J connectivity index is 3.29. The molecule has 1 aromatic rings. The third kappa shape index (κ3) is 2.35. The maximum Gasteiger partial charge on any atom is 0.292 e. The number of nitrogens with zero attached hydrogens (tertiary/aromatic N) is 1. The second-order valence-electron chi connectivity index (χ2n) is 3.03. The number of anilines is 1. The van der Waals surface area contributed by atoms with Gasteiger partial charge >= 0.3 is 0 Å². The van der Waals surface area contributed by atoms with E-state index in [0.717, 1.165) is 0 Å². The van der Waals surface area contributed by atoms with Gasteiger partial charge in [-0.3, -0.25) is 10.1 Å². The van der Waals surface area contributed by atoms with Gasteiger partial charge in [0.15, 0.2) is 0 Å². The molecule has 1 aromatic carbocycles. The molecule has 0 unspecified atom stereocenters. The zero-order valence-corrected chi connectivity index (χ0v) is 8.57. The maximum absolute atomic E-state index is 10.6. The fraction of sp³-hybridized carbons (Fsp3) is 0.250. The Bertz CT molecular complexity index is 396. The molecule has 0 bridgehead atoms. The van der Waals surface area contributed by atoms with Gasteiger partial charge in [-0.25, -0.2) is 0 Å². The minimum atomic E-state index is -0.585. The predicted molar refractivity (Wildman–Crippen MR) is 58.5 cm³/mol. The van der Waals surface area contributed by atoms with Gasteiger partial charge in [0.1, 0.15) is 5.69 Å². The average molecular weight is 231 g/mol. The fourth-order valence-electron chi connectivity index (χ4n) is 1.16. The average Bonchev–Trinajstić information content (AvgIpc) is 2.16. The lowest BCUT2D eigenvalue weighted by Gasteiger charge is -2.11. The van der Waals surface area contributed by atoms with Crippen molar-refractivity contribution in [2.24, 2.45) is 11.5 Å². The van der Waals surface area contributed by atoms with Gasteiger partial charge in [0, 0.05) is 23.7 Å². The van der Waals surface area contributed by atoms with E-state index in [1.54, 1.807) is 0 Å². The zero-order valence-electron chi connectivity index (χ0n) is 7.81. The molecule has 0 saturated heterocycles. The van der Waals surface area contributed by atoms with Crippen LogP contribution in [0.1, 0.15) is 11.6 Å². The van der Waals surface area contributed by atoms with Gasteiger partial charge in [0.05, 0.1) is 4.92 Å². The molecule has 6 N–H and O–H groups in total. The molecule has 0 amide bonds. The Hall–Kier alpha value is -1.37. The number of nitro groups is 1. The third-order valence-corrected chi connectivity index (χ3v) is 2.32. The number of nitro benzene ring substituents is 1. The highest BCUT2D eigenvalue weighted by Crippen LogP contribution is 2.31. The summed E-state index contributed by atoms with van der Waals surface area (Å²) in [5.41, 5.74) is 16.7. The van der Waals surface area contributed by atoms with Gasteiger partial charge in [-0.15, -0.1) is 0 Å². The Labute approximate surface area is 91.1 Å². The molecule has 0 fully saturated rings. The quantitative estimate of drug-likeness (QED) is 0.403. The van der Waals surface area contributed by atoms with Crippen molar-refractivity contribution < 1.29 is 4.92 Å². The summed E-state index contributed by atoms with van der Waals surface area (Å²) in [6.07, 6.45) is 0. The normalized spacial score (nSPS) is 12.5. The van der Waals surface area contributed by atoms with Crippen LogP contribution in [0.25, 0.3) is 0 Å². The van der Waals surface area contributed by atoms with Crippen molar-refractivity contribution >= 4 is 23.0 Å². The number of hydrogen-bond donors (Lipinski definition) is 3. The van der Waals surface area contributed by atoms with Crippen LogP contribution in [0.3, 0.4) is 0 Å². The molecule has 0 radical (unpaired) electrons. The molecular weight excluding hydrogens is 220 g/mol. The van der Waals surface area contributed by atoms with Crippen molar-refractivity contribution in [2.45, 2.75) is 6.04 Å². The third-order valence-electron chi connectivity index (χ3n) is 2.00. The molecule has 0 aliphatic heterocycles. The van der Waals surface area contributed by atoms with E-state index < -0.39 is 11.0 Å². The Morgan fingerprint density at radius 2 is 2.13 bits per heavy atom. The molecular formula is C8H11ClN4O2. The Morgan fingerprint density at radius 3 is 2.60 bits per heavy atom.